The highest BCUT2D eigenvalue weighted by Crippen LogP contribution is 2.30. The number of amides is 2. The number of hydrogen-bond acceptors (Lipinski definition) is 4. The molecule has 1 atom stereocenters. The lowest BCUT2D eigenvalue weighted by molar-refractivity contribution is 0.138. The van der Waals surface area contributed by atoms with Crippen LogP contribution in [0.4, 0.5) is 10.6 Å². The predicted molar refractivity (Wildman–Crippen MR) is 130 cm³/mol. The zero-order chi connectivity index (χ0) is 22.1. The molecule has 0 saturated carbocycles. The van der Waals surface area contributed by atoms with Crippen molar-refractivity contribution in [3.05, 3.63) is 46.0 Å². The molecule has 0 aliphatic carbocycles. The molecule has 1 N–H and O–H groups in total. The van der Waals surface area contributed by atoms with E-state index in [0.29, 0.717) is 10.9 Å². The molecule has 1 aromatic carbocycles. The first-order valence-corrected chi connectivity index (χ1v) is 12.3. The van der Waals surface area contributed by atoms with Crippen molar-refractivity contribution in [3.63, 3.8) is 0 Å². The molecule has 1 unspecified atom stereocenters. The van der Waals surface area contributed by atoms with E-state index >= 15 is 0 Å². The van der Waals surface area contributed by atoms with E-state index in [9.17, 15) is 4.79 Å². The highest BCUT2D eigenvalue weighted by Gasteiger charge is 2.28. The minimum absolute atomic E-state index is 0.204. The molecule has 2 saturated heterocycles. The third-order valence-electron chi connectivity index (χ3n) is 6.32. The lowest BCUT2D eigenvalue weighted by Crippen LogP contribution is -2.47. The van der Waals surface area contributed by atoms with E-state index in [0.717, 1.165) is 85.6 Å². The minimum atomic E-state index is 0.204. The summed E-state index contributed by atoms with van der Waals surface area (Å²) in [4.78, 5) is 21.6. The van der Waals surface area contributed by atoms with Crippen molar-refractivity contribution in [1.29, 1.82) is 0 Å². The zero-order valence-corrected chi connectivity index (χ0v) is 20.1. The fourth-order valence-electron chi connectivity index (χ4n) is 4.63. The molecule has 2 aliphatic rings. The summed E-state index contributed by atoms with van der Waals surface area (Å²) in [5.74, 6) is 1.25. The first kappa shape index (κ1) is 21.5. The van der Waals surface area contributed by atoms with Gasteiger partial charge in [0.15, 0.2) is 5.65 Å². The Morgan fingerprint density at radius 2 is 1.94 bits per heavy atom. The van der Waals surface area contributed by atoms with E-state index in [4.69, 9.17) is 16.6 Å². The van der Waals surface area contributed by atoms with Gasteiger partial charge in [0, 0.05) is 49.4 Å². The molecule has 5 rings (SSSR count). The second-order valence-electron chi connectivity index (χ2n) is 8.55. The molecular formula is C23H26BrClN6O. The Kier molecular flexibility index (Phi) is 6.24. The second-order valence-corrected chi connectivity index (χ2v) is 9.81. The van der Waals surface area contributed by atoms with Crippen LogP contribution in [0.5, 0.6) is 0 Å². The van der Waals surface area contributed by atoms with Crippen LogP contribution >= 0.6 is 27.5 Å². The summed E-state index contributed by atoms with van der Waals surface area (Å²) < 4.78 is 2.63. The molecule has 9 heteroatoms. The average Bonchev–Trinajstić information content (AvgIpc) is 3.48. The van der Waals surface area contributed by atoms with Crippen molar-refractivity contribution in [2.45, 2.75) is 25.7 Å². The number of aromatic nitrogens is 3. The molecule has 2 aliphatic heterocycles. The number of carbonyl (C=O) groups excluding carboxylic acids is 1. The molecule has 32 heavy (non-hydrogen) atoms. The van der Waals surface area contributed by atoms with E-state index < -0.39 is 0 Å². The van der Waals surface area contributed by atoms with E-state index in [2.05, 4.69) is 26.3 Å². The molecule has 3 aromatic rings. The molecule has 2 aromatic heterocycles. The third-order valence-corrected chi connectivity index (χ3v) is 7.21. The highest BCUT2D eigenvalue weighted by molar-refractivity contribution is 9.10. The maximum Gasteiger partial charge on any atom is 0.320 e. The molecule has 2 amide bonds. The zero-order valence-electron chi connectivity index (χ0n) is 17.8. The second kappa shape index (κ2) is 9.27. The Morgan fingerprint density at radius 3 is 2.75 bits per heavy atom. The molecule has 4 heterocycles. The molecule has 0 radical (unpaired) electrons. The van der Waals surface area contributed by atoms with Crippen LogP contribution in [0.15, 0.2) is 41.0 Å². The summed E-state index contributed by atoms with van der Waals surface area (Å²) in [7, 11) is 0. The summed E-state index contributed by atoms with van der Waals surface area (Å²) in [5, 5.41) is 8.71. The summed E-state index contributed by atoms with van der Waals surface area (Å²) in [6.07, 6.45) is 6.13. The number of piperidine rings is 1. The number of nitrogens with zero attached hydrogens (tertiary/aromatic N) is 5. The summed E-state index contributed by atoms with van der Waals surface area (Å²) in [5.41, 5.74) is 2.41. The highest BCUT2D eigenvalue weighted by atomic mass is 79.9. The van der Waals surface area contributed by atoms with Gasteiger partial charge in [0.25, 0.3) is 0 Å². The van der Waals surface area contributed by atoms with Crippen molar-refractivity contribution in [2.24, 2.45) is 5.92 Å². The van der Waals surface area contributed by atoms with Crippen LogP contribution in [-0.2, 0) is 0 Å². The van der Waals surface area contributed by atoms with Gasteiger partial charge < -0.3 is 15.1 Å². The number of urea groups is 1. The number of benzene rings is 1. The number of carbonyl (C=O) groups is 1. The van der Waals surface area contributed by atoms with Gasteiger partial charge >= 0.3 is 6.03 Å². The summed E-state index contributed by atoms with van der Waals surface area (Å²) in [6, 6.07) is 9.91. The van der Waals surface area contributed by atoms with Gasteiger partial charge in [-0.25, -0.2) is 9.78 Å². The van der Waals surface area contributed by atoms with Crippen LogP contribution < -0.4 is 5.32 Å². The van der Waals surface area contributed by atoms with Crippen LogP contribution in [-0.4, -0.2) is 63.2 Å². The quantitative estimate of drug-likeness (QED) is 0.520. The van der Waals surface area contributed by atoms with Gasteiger partial charge in [0.2, 0.25) is 0 Å². The van der Waals surface area contributed by atoms with Gasteiger partial charge in [-0.2, -0.15) is 9.61 Å². The Balaban J connectivity index is 1.35. The molecule has 2 fully saturated rings. The fourth-order valence-corrected chi connectivity index (χ4v) is 5.21. The summed E-state index contributed by atoms with van der Waals surface area (Å²) >= 11 is 9.99. The Morgan fingerprint density at radius 1 is 1.16 bits per heavy atom. The summed E-state index contributed by atoms with van der Waals surface area (Å²) in [6.45, 7) is 4.20. The maximum absolute atomic E-state index is 12.8. The van der Waals surface area contributed by atoms with Gasteiger partial charge in [0.1, 0.15) is 5.82 Å². The van der Waals surface area contributed by atoms with Crippen molar-refractivity contribution in [3.8, 4) is 11.3 Å². The third kappa shape index (κ3) is 4.30. The average molecular weight is 518 g/mol. The number of nitrogens with one attached hydrogen (secondary N) is 1. The standard InChI is InChI=1S/C23H26BrClN6O/c24-18-14-27-31-21(12-20(28-22(18)31)17-7-1-2-8-19(17)25)26-13-16-6-5-11-30(15-16)23(32)29-9-3-4-10-29/h1-2,7-8,12,14,16,26H,3-6,9-11,13,15H2. The minimum Gasteiger partial charge on any atom is -0.370 e. The monoisotopic (exact) mass is 516 g/mol. The largest absolute Gasteiger partial charge is 0.370 e. The Hall–Kier alpha value is -2.32. The maximum atomic E-state index is 12.8. The number of likely N-dealkylation sites (tertiary alicyclic amines) is 2. The number of halogens is 2. The van der Waals surface area contributed by atoms with Crippen molar-refractivity contribution in [2.75, 3.05) is 38.0 Å². The van der Waals surface area contributed by atoms with Crippen molar-refractivity contribution < 1.29 is 4.79 Å². The van der Waals surface area contributed by atoms with Crippen LogP contribution in [0.1, 0.15) is 25.7 Å². The van der Waals surface area contributed by atoms with E-state index in [1.165, 1.54) is 0 Å². The van der Waals surface area contributed by atoms with E-state index in [1.54, 1.807) is 10.7 Å². The first-order chi connectivity index (χ1) is 15.6. The number of rotatable bonds is 4. The number of fused-ring (bicyclic) bond motifs is 1. The van der Waals surface area contributed by atoms with Gasteiger partial charge in [-0.15, -0.1) is 0 Å². The van der Waals surface area contributed by atoms with E-state index in [1.807, 2.05) is 40.1 Å². The van der Waals surface area contributed by atoms with E-state index in [-0.39, 0.29) is 6.03 Å². The Labute approximate surface area is 200 Å². The van der Waals surface area contributed by atoms with Crippen LogP contribution in [0.3, 0.4) is 0 Å². The van der Waals surface area contributed by atoms with Gasteiger partial charge in [-0.3, -0.25) is 0 Å². The molecule has 0 spiro atoms. The fraction of sp³-hybridized carbons (Fsp3) is 0.435. The predicted octanol–water partition coefficient (Wildman–Crippen LogP) is 5.15. The molecular weight excluding hydrogens is 492 g/mol. The number of hydrogen-bond donors (Lipinski definition) is 1. The molecule has 168 valence electrons. The van der Waals surface area contributed by atoms with Gasteiger partial charge in [0.05, 0.1) is 16.4 Å². The smallest absolute Gasteiger partial charge is 0.320 e. The van der Waals surface area contributed by atoms with Crippen molar-refractivity contribution >= 4 is 45.0 Å². The van der Waals surface area contributed by atoms with Crippen LogP contribution in [0, 0.1) is 5.92 Å². The normalized spacial score (nSPS) is 19.0. The van der Waals surface area contributed by atoms with Crippen LogP contribution in [0.2, 0.25) is 5.02 Å². The number of anilines is 1. The first-order valence-electron chi connectivity index (χ1n) is 11.2. The van der Waals surface area contributed by atoms with Gasteiger partial charge in [-0.05, 0) is 53.6 Å². The topological polar surface area (TPSA) is 65.8 Å². The SMILES string of the molecule is O=C(N1CCCC1)N1CCCC(CNc2cc(-c3ccccc3Cl)nc3c(Br)cnn23)C1. The lowest BCUT2D eigenvalue weighted by atomic mass is 9.98. The molecule has 7 nitrogen and oxygen atoms in total. The molecule has 0 bridgehead atoms. The van der Waals surface area contributed by atoms with Crippen molar-refractivity contribution in [1.82, 2.24) is 24.4 Å². The van der Waals surface area contributed by atoms with Gasteiger partial charge in [-0.1, -0.05) is 29.8 Å². The van der Waals surface area contributed by atoms with Crippen LogP contribution in [0.25, 0.3) is 16.9 Å². The lowest BCUT2D eigenvalue weighted by Gasteiger charge is -2.35. The Bertz CT molecular complexity index is 1130.